The summed E-state index contributed by atoms with van der Waals surface area (Å²) in [5.74, 6) is 0.558. The molecule has 1 aromatic heterocycles. The van der Waals surface area contributed by atoms with Crippen molar-refractivity contribution in [2.24, 2.45) is 5.92 Å². The van der Waals surface area contributed by atoms with Crippen molar-refractivity contribution in [1.82, 2.24) is 9.80 Å². The van der Waals surface area contributed by atoms with Crippen LogP contribution in [-0.2, 0) is 20.8 Å². The average molecular weight is 350 g/mol. The highest BCUT2D eigenvalue weighted by molar-refractivity contribution is 5.76. The number of amides is 1. The molecule has 25 heavy (non-hydrogen) atoms. The highest BCUT2D eigenvalue weighted by atomic mass is 16.5. The largest absolute Gasteiger partial charge is 0.472 e. The first-order valence-corrected chi connectivity index (χ1v) is 9.24. The number of furan rings is 1. The van der Waals surface area contributed by atoms with Crippen molar-refractivity contribution < 1.29 is 18.7 Å². The van der Waals surface area contributed by atoms with Crippen LogP contribution in [0.5, 0.6) is 0 Å². The van der Waals surface area contributed by atoms with Gasteiger partial charge in [-0.1, -0.05) is 0 Å². The van der Waals surface area contributed by atoms with E-state index in [1.54, 1.807) is 25.3 Å². The monoisotopic (exact) mass is 350 g/mol. The molecule has 2 aliphatic heterocycles. The molecule has 0 aliphatic carbocycles. The van der Waals surface area contributed by atoms with E-state index in [1.807, 2.05) is 12.3 Å². The second-order valence-electron chi connectivity index (χ2n) is 7.44. The zero-order chi connectivity index (χ0) is 17.7. The zero-order valence-electron chi connectivity index (χ0n) is 15.4. The number of carbonyl (C=O) groups excluding carboxylic acids is 1. The third-order valence-corrected chi connectivity index (χ3v) is 5.62. The lowest BCUT2D eigenvalue weighted by Crippen LogP contribution is -2.47. The molecule has 140 valence electrons. The third-order valence-electron chi connectivity index (χ3n) is 5.62. The molecular weight excluding hydrogens is 320 g/mol. The smallest absolute Gasteiger partial charge is 0.248 e. The van der Waals surface area contributed by atoms with Crippen LogP contribution in [-0.4, -0.2) is 68.3 Å². The average Bonchev–Trinajstić information content (AvgIpc) is 3.24. The predicted octanol–water partition coefficient (Wildman–Crippen LogP) is 2.15. The van der Waals surface area contributed by atoms with E-state index in [2.05, 4.69) is 4.90 Å². The molecule has 0 radical (unpaired) electrons. The van der Waals surface area contributed by atoms with Gasteiger partial charge in [0.15, 0.2) is 0 Å². The van der Waals surface area contributed by atoms with E-state index in [-0.39, 0.29) is 18.1 Å². The summed E-state index contributed by atoms with van der Waals surface area (Å²) in [6, 6.07) is 2.03. The normalized spacial score (nSPS) is 23.2. The van der Waals surface area contributed by atoms with Crippen LogP contribution >= 0.6 is 0 Å². The number of ether oxygens (including phenoxy) is 2. The summed E-state index contributed by atoms with van der Waals surface area (Å²) in [7, 11) is 3.51. The van der Waals surface area contributed by atoms with Crippen molar-refractivity contribution in [2.75, 3.05) is 47.0 Å². The van der Waals surface area contributed by atoms with E-state index in [0.717, 1.165) is 51.9 Å². The van der Waals surface area contributed by atoms with Gasteiger partial charge in [0.05, 0.1) is 18.1 Å². The Hall–Kier alpha value is -1.37. The van der Waals surface area contributed by atoms with E-state index in [4.69, 9.17) is 13.9 Å². The van der Waals surface area contributed by atoms with Crippen LogP contribution in [0, 0.1) is 5.92 Å². The van der Waals surface area contributed by atoms with Crippen molar-refractivity contribution in [1.29, 1.82) is 0 Å². The quantitative estimate of drug-likeness (QED) is 0.705. The molecule has 0 bridgehead atoms. The number of likely N-dealkylation sites (tertiary alicyclic amines) is 1. The molecule has 0 saturated carbocycles. The van der Waals surface area contributed by atoms with Gasteiger partial charge >= 0.3 is 0 Å². The van der Waals surface area contributed by atoms with E-state index >= 15 is 0 Å². The fraction of sp³-hybridized carbons (Fsp3) is 0.737. The summed E-state index contributed by atoms with van der Waals surface area (Å²) in [6.45, 7) is 4.72. The fourth-order valence-corrected chi connectivity index (χ4v) is 3.99. The number of piperidine rings is 1. The van der Waals surface area contributed by atoms with E-state index in [9.17, 15) is 4.79 Å². The van der Waals surface area contributed by atoms with E-state index in [1.165, 1.54) is 5.56 Å². The maximum absolute atomic E-state index is 11.6. The van der Waals surface area contributed by atoms with Crippen molar-refractivity contribution in [2.45, 2.75) is 37.8 Å². The van der Waals surface area contributed by atoms with Crippen molar-refractivity contribution in [3.05, 3.63) is 24.2 Å². The van der Waals surface area contributed by atoms with Gasteiger partial charge in [-0.25, -0.2) is 0 Å². The molecule has 1 atom stereocenters. The van der Waals surface area contributed by atoms with Crippen LogP contribution in [0.4, 0.5) is 0 Å². The van der Waals surface area contributed by atoms with Gasteiger partial charge in [0.2, 0.25) is 5.91 Å². The van der Waals surface area contributed by atoms with Crippen molar-refractivity contribution in [3.63, 3.8) is 0 Å². The number of rotatable bonds is 7. The van der Waals surface area contributed by atoms with Gasteiger partial charge in [0.1, 0.15) is 6.61 Å². The maximum Gasteiger partial charge on any atom is 0.248 e. The molecule has 3 heterocycles. The molecule has 6 heteroatoms. The summed E-state index contributed by atoms with van der Waals surface area (Å²) in [4.78, 5) is 15.6. The first-order chi connectivity index (χ1) is 12.1. The summed E-state index contributed by atoms with van der Waals surface area (Å²) in [5.41, 5.74) is 1.25. The van der Waals surface area contributed by atoms with Crippen LogP contribution in [0.1, 0.15) is 31.2 Å². The first kappa shape index (κ1) is 18.4. The summed E-state index contributed by atoms with van der Waals surface area (Å²) in [5, 5.41) is 0. The minimum Gasteiger partial charge on any atom is -0.472 e. The number of nitrogens with zero attached hydrogens (tertiary/aromatic N) is 2. The minimum absolute atomic E-state index is 0.0157. The molecular formula is C19H30N2O4. The molecule has 3 rings (SSSR count). The molecule has 1 spiro atoms. The SMILES string of the molecule is CN(C)C(=O)COCCC1CCOC12CCN(Cc1ccoc1)CC2. The Morgan fingerprint density at radius 3 is 2.88 bits per heavy atom. The second-order valence-corrected chi connectivity index (χ2v) is 7.44. The Balaban J connectivity index is 1.43. The van der Waals surface area contributed by atoms with Gasteiger partial charge in [-0.3, -0.25) is 9.69 Å². The van der Waals surface area contributed by atoms with Gasteiger partial charge in [-0.15, -0.1) is 0 Å². The van der Waals surface area contributed by atoms with Gasteiger partial charge < -0.3 is 18.8 Å². The molecule has 1 aromatic rings. The first-order valence-electron chi connectivity index (χ1n) is 9.24. The highest BCUT2D eigenvalue weighted by Gasteiger charge is 2.45. The molecule has 1 amide bonds. The van der Waals surface area contributed by atoms with E-state index in [0.29, 0.717) is 12.5 Å². The van der Waals surface area contributed by atoms with Crippen molar-refractivity contribution >= 4 is 5.91 Å². The maximum atomic E-state index is 11.6. The van der Waals surface area contributed by atoms with Crippen LogP contribution in [0.3, 0.4) is 0 Å². The van der Waals surface area contributed by atoms with Gasteiger partial charge in [-0.05, 0) is 37.7 Å². The standard InChI is InChI=1S/C19H30N2O4/c1-20(2)18(22)15-24-11-4-17-5-12-25-19(17)6-8-21(9-7-19)13-16-3-10-23-14-16/h3,10,14,17H,4-9,11-13,15H2,1-2H3. The number of carbonyl (C=O) groups is 1. The zero-order valence-corrected chi connectivity index (χ0v) is 15.4. The summed E-state index contributed by atoms with van der Waals surface area (Å²) in [6.07, 6.45) is 7.79. The van der Waals surface area contributed by atoms with Gasteiger partial charge in [0, 0.05) is 52.5 Å². The molecule has 2 fully saturated rings. The number of hydrogen-bond donors (Lipinski definition) is 0. The van der Waals surface area contributed by atoms with Crippen LogP contribution in [0.15, 0.2) is 23.0 Å². The fourth-order valence-electron chi connectivity index (χ4n) is 3.99. The molecule has 2 saturated heterocycles. The predicted molar refractivity (Wildman–Crippen MR) is 94.1 cm³/mol. The topological polar surface area (TPSA) is 55.2 Å². The van der Waals surface area contributed by atoms with E-state index < -0.39 is 0 Å². The molecule has 1 unspecified atom stereocenters. The molecule has 0 N–H and O–H groups in total. The third kappa shape index (κ3) is 4.63. The Morgan fingerprint density at radius 2 is 2.20 bits per heavy atom. The lowest BCUT2D eigenvalue weighted by Gasteiger charge is -2.42. The highest BCUT2D eigenvalue weighted by Crippen LogP contribution is 2.42. The Morgan fingerprint density at radius 1 is 1.40 bits per heavy atom. The minimum atomic E-state index is 0.0157. The lowest BCUT2D eigenvalue weighted by atomic mass is 9.78. The Kier molecular flexibility index (Phi) is 6.15. The van der Waals surface area contributed by atoms with Crippen molar-refractivity contribution in [3.8, 4) is 0 Å². The molecule has 2 aliphatic rings. The Labute approximate surface area is 150 Å². The summed E-state index contributed by atoms with van der Waals surface area (Å²) < 4.78 is 17.0. The molecule has 6 nitrogen and oxygen atoms in total. The summed E-state index contributed by atoms with van der Waals surface area (Å²) >= 11 is 0. The lowest BCUT2D eigenvalue weighted by molar-refractivity contribution is -0.133. The molecule has 0 aromatic carbocycles. The van der Waals surface area contributed by atoms with Crippen LogP contribution in [0.2, 0.25) is 0 Å². The van der Waals surface area contributed by atoms with Crippen LogP contribution in [0.25, 0.3) is 0 Å². The second kappa shape index (κ2) is 8.34. The Bertz CT molecular complexity index is 536. The van der Waals surface area contributed by atoms with Gasteiger partial charge in [-0.2, -0.15) is 0 Å². The number of hydrogen-bond acceptors (Lipinski definition) is 5. The van der Waals surface area contributed by atoms with Crippen LogP contribution < -0.4 is 0 Å². The number of likely N-dealkylation sites (N-methyl/N-ethyl adjacent to an activating group) is 1. The van der Waals surface area contributed by atoms with Gasteiger partial charge in [0.25, 0.3) is 0 Å².